The maximum Gasteiger partial charge on any atom is 0.416 e. The van der Waals surface area contributed by atoms with Crippen molar-refractivity contribution in [2.24, 2.45) is 4.99 Å². The molecular formula is C26H20Cl3F3N2O2. The SMILES string of the molecule is CC(C)Oc1cc(C(F)(F)F)ccc1C1=NC(c2ccc(Cl)cc2)C(c2ccc(Cl)cc2)N1C(=O)Cl. The molecule has 10 heteroatoms. The number of hydrogen-bond acceptors (Lipinski definition) is 3. The summed E-state index contributed by atoms with van der Waals surface area (Å²) in [4.78, 5) is 18.9. The molecule has 0 aliphatic carbocycles. The lowest BCUT2D eigenvalue weighted by atomic mass is 9.94. The van der Waals surface area contributed by atoms with Gasteiger partial charge < -0.3 is 4.74 Å². The first kappa shape index (κ1) is 26.3. The van der Waals surface area contributed by atoms with E-state index < -0.39 is 35.3 Å². The maximum atomic E-state index is 13.5. The topological polar surface area (TPSA) is 41.9 Å². The minimum atomic E-state index is -4.58. The number of carbonyl (C=O) groups excluding carboxylic acids is 1. The molecule has 188 valence electrons. The first-order valence-corrected chi connectivity index (χ1v) is 12.0. The molecule has 0 radical (unpaired) electrons. The van der Waals surface area contributed by atoms with Gasteiger partial charge in [0.2, 0.25) is 0 Å². The number of aliphatic imine (C=N–C) groups is 1. The molecule has 0 aromatic heterocycles. The lowest BCUT2D eigenvalue weighted by Crippen LogP contribution is -2.34. The van der Waals surface area contributed by atoms with Gasteiger partial charge >= 0.3 is 11.5 Å². The van der Waals surface area contributed by atoms with E-state index in [1.54, 1.807) is 62.4 Å². The number of nitrogens with zero attached hydrogens (tertiary/aromatic N) is 2. The van der Waals surface area contributed by atoms with E-state index in [0.29, 0.717) is 15.6 Å². The van der Waals surface area contributed by atoms with Crippen molar-refractivity contribution in [1.29, 1.82) is 0 Å². The van der Waals surface area contributed by atoms with Crippen molar-refractivity contribution in [2.45, 2.75) is 38.2 Å². The lowest BCUT2D eigenvalue weighted by Gasteiger charge is -2.28. The third-order valence-electron chi connectivity index (χ3n) is 5.59. The van der Waals surface area contributed by atoms with Crippen molar-refractivity contribution in [1.82, 2.24) is 4.90 Å². The van der Waals surface area contributed by atoms with E-state index in [2.05, 4.69) is 0 Å². The molecule has 0 N–H and O–H groups in total. The van der Waals surface area contributed by atoms with Crippen LogP contribution in [0.1, 0.15) is 48.2 Å². The van der Waals surface area contributed by atoms with Crippen LogP contribution in [0.15, 0.2) is 71.7 Å². The van der Waals surface area contributed by atoms with Gasteiger partial charge in [-0.15, -0.1) is 0 Å². The average molecular weight is 556 g/mol. The van der Waals surface area contributed by atoms with Crippen LogP contribution in [0.3, 0.4) is 0 Å². The van der Waals surface area contributed by atoms with E-state index in [-0.39, 0.29) is 17.1 Å². The second-order valence-corrected chi connectivity index (χ2v) is 9.64. The maximum absolute atomic E-state index is 13.5. The summed E-state index contributed by atoms with van der Waals surface area (Å²) in [7, 11) is 0. The Labute approximate surface area is 221 Å². The quantitative estimate of drug-likeness (QED) is 0.233. The van der Waals surface area contributed by atoms with Gasteiger partial charge in [-0.05, 0) is 79.0 Å². The molecule has 0 bridgehead atoms. The first-order chi connectivity index (χ1) is 17.0. The minimum absolute atomic E-state index is 0.0619. The molecule has 4 nitrogen and oxygen atoms in total. The molecule has 3 aromatic rings. The van der Waals surface area contributed by atoms with Crippen LogP contribution in [0.2, 0.25) is 10.0 Å². The van der Waals surface area contributed by atoms with Gasteiger partial charge in [0.1, 0.15) is 17.6 Å². The molecule has 0 saturated heterocycles. The predicted molar refractivity (Wildman–Crippen MR) is 135 cm³/mol. The minimum Gasteiger partial charge on any atom is -0.490 e. The van der Waals surface area contributed by atoms with Gasteiger partial charge in [0.25, 0.3) is 0 Å². The average Bonchev–Trinajstić information content (AvgIpc) is 3.20. The van der Waals surface area contributed by atoms with Gasteiger partial charge in [-0.25, -0.2) is 0 Å². The van der Waals surface area contributed by atoms with Crippen molar-refractivity contribution in [3.63, 3.8) is 0 Å². The Bertz CT molecular complexity index is 1290. The molecule has 1 amide bonds. The molecule has 0 fully saturated rings. The number of hydrogen-bond donors (Lipinski definition) is 0. The summed E-state index contributed by atoms with van der Waals surface area (Å²) < 4.78 is 46.1. The number of ether oxygens (including phenoxy) is 1. The van der Waals surface area contributed by atoms with Crippen molar-refractivity contribution in [3.05, 3.63) is 99.0 Å². The summed E-state index contributed by atoms with van der Waals surface area (Å²) in [5.74, 6) is 0.0346. The molecule has 2 atom stereocenters. The molecule has 2 unspecified atom stereocenters. The zero-order valence-corrected chi connectivity index (χ0v) is 21.3. The number of carbonyl (C=O) groups is 1. The van der Waals surface area contributed by atoms with Crippen molar-refractivity contribution in [2.75, 3.05) is 0 Å². The third kappa shape index (κ3) is 5.48. The van der Waals surface area contributed by atoms with Gasteiger partial charge in [-0.1, -0.05) is 47.5 Å². The fourth-order valence-electron chi connectivity index (χ4n) is 4.07. The number of benzene rings is 3. The molecule has 1 aliphatic heterocycles. The number of amidine groups is 1. The van der Waals surface area contributed by atoms with Crippen LogP contribution in [0.25, 0.3) is 0 Å². The zero-order valence-electron chi connectivity index (χ0n) is 19.1. The number of rotatable bonds is 5. The standard InChI is InChI=1S/C26H20Cl3F3N2O2/c1-14(2)36-21-13-17(26(30,31)32)7-12-20(21)24-33-22(15-3-8-18(27)9-4-15)23(34(24)25(29)35)16-5-10-19(28)11-6-16/h3-14,22-23H,1-2H3. The zero-order chi connectivity index (χ0) is 26.2. The number of amides is 1. The monoisotopic (exact) mass is 554 g/mol. The van der Waals surface area contributed by atoms with Gasteiger partial charge in [-0.2, -0.15) is 13.2 Å². The van der Waals surface area contributed by atoms with E-state index in [1.807, 2.05) is 0 Å². The second kappa shape index (κ2) is 10.3. The van der Waals surface area contributed by atoms with E-state index in [0.717, 1.165) is 17.7 Å². The normalized spacial score (nSPS) is 17.9. The Morgan fingerprint density at radius 2 is 1.50 bits per heavy atom. The Morgan fingerprint density at radius 1 is 0.944 bits per heavy atom. The highest BCUT2D eigenvalue weighted by Crippen LogP contribution is 2.46. The Balaban J connectivity index is 1.92. The molecule has 4 rings (SSSR count). The summed E-state index contributed by atoms with van der Waals surface area (Å²) in [5.41, 5.74) is 0.745. The molecule has 0 spiro atoms. The van der Waals surface area contributed by atoms with E-state index in [4.69, 9.17) is 44.5 Å². The highest BCUT2D eigenvalue weighted by Gasteiger charge is 2.43. The van der Waals surface area contributed by atoms with Gasteiger partial charge in [0.15, 0.2) is 0 Å². The Hall–Kier alpha value is -2.74. The van der Waals surface area contributed by atoms with Crippen LogP contribution in [-0.2, 0) is 6.18 Å². The van der Waals surface area contributed by atoms with Crippen molar-refractivity contribution in [3.8, 4) is 5.75 Å². The third-order valence-corrected chi connectivity index (χ3v) is 6.28. The second-order valence-electron chi connectivity index (χ2n) is 8.44. The molecule has 1 heterocycles. The van der Waals surface area contributed by atoms with Crippen molar-refractivity contribution < 1.29 is 22.7 Å². The van der Waals surface area contributed by atoms with Crippen LogP contribution in [0.5, 0.6) is 5.75 Å². The van der Waals surface area contributed by atoms with E-state index in [9.17, 15) is 18.0 Å². The summed E-state index contributed by atoms with van der Waals surface area (Å²) in [6.07, 6.45) is -5.02. The molecule has 0 saturated carbocycles. The summed E-state index contributed by atoms with van der Waals surface area (Å²) in [6.45, 7) is 3.38. The number of alkyl halides is 3. The first-order valence-electron chi connectivity index (χ1n) is 10.9. The van der Waals surface area contributed by atoms with Crippen LogP contribution in [-0.4, -0.2) is 22.2 Å². The smallest absolute Gasteiger partial charge is 0.416 e. The van der Waals surface area contributed by atoms with Gasteiger partial charge in [-0.3, -0.25) is 14.7 Å². The molecule has 1 aliphatic rings. The van der Waals surface area contributed by atoms with E-state index >= 15 is 0 Å². The highest BCUT2D eigenvalue weighted by atomic mass is 35.5. The van der Waals surface area contributed by atoms with E-state index in [1.165, 1.54) is 11.0 Å². The fraction of sp³-hybridized carbons (Fsp3) is 0.231. The number of halogens is 6. The Kier molecular flexibility index (Phi) is 7.55. The summed E-state index contributed by atoms with van der Waals surface area (Å²) in [5, 5.41) is 0.172. The summed E-state index contributed by atoms with van der Waals surface area (Å²) in [6, 6.07) is 15.5. The highest BCUT2D eigenvalue weighted by molar-refractivity contribution is 6.64. The summed E-state index contributed by atoms with van der Waals surface area (Å²) >= 11 is 18.2. The van der Waals surface area contributed by atoms with Gasteiger partial charge in [0.05, 0.1) is 23.3 Å². The predicted octanol–water partition coefficient (Wildman–Crippen LogP) is 8.70. The fourth-order valence-corrected chi connectivity index (χ4v) is 4.51. The van der Waals surface area contributed by atoms with Crippen LogP contribution < -0.4 is 4.74 Å². The van der Waals surface area contributed by atoms with Crippen molar-refractivity contribution >= 4 is 46.0 Å². The lowest BCUT2D eigenvalue weighted by molar-refractivity contribution is -0.137. The molecule has 3 aromatic carbocycles. The van der Waals surface area contributed by atoms with Gasteiger partial charge in [0, 0.05) is 10.0 Å². The van der Waals surface area contributed by atoms with Crippen LogP contribution in [0.4, 0.5) is 18.0 Å². The largest absolute Gasteiger partial charge is 0.490 e. The Morgan fingerprint density at radius 3 is 2.00 bits per heavy atom. The van der Waals surface area contributed by atoms with Crippen LogP contribution in [0, 0.1) is 0 Å². The van der Waals surface area contributed by atoms with Crippen LogP contribution >= 0.6 is 34.8 Å². The molecule has 36 heavy (non-hydrogen) atoms. The molecular weight excluding hydrogens is 536 g/mol.